The zero-order valence-corrected chi connectivity index (χ0v) is 13.9. The smallest absolute Gasteiger partial charge is 0.316 e. The minimum Gasteiger partial charge on any atom is -0.463 e. The second kappa shape index (κ2) is 7.65. The minimum atomic E-state index is 0.451. The van der Waals surface area contributed by atoms with E-state index in [4.69, 9.17) is 4.74 Å². The second-order valence-electron chi connectivity index (χ2n) is 5.60. The van der Waals surface area contributed by atoms with Gasteiger partial charge in [-0.15, -0.1) is 0 Å². The molecular formula is C16H19BrN4O. The van der Waals surface area contributed by atoms with E-state index in [0.29, 0.717) is 18.5 Å². The summed E-state index contributed by atoms with van der Waals surface area (Å²) in [6.45, 7) is 3.82. The third-order valence-electron chi connectivity index (χ3n) is 3.78. The van der Waals surface area contributed by atoms with Crippen molar-refractivity contribution >= 4 is 15.9 Å². The third-order valence-corrected chi connectivity index (χ3v) is 4.19. The van der Waals surface area contributed by atoms with Crippen LogP contribution in [0.2, 0.25) is 0 Å². The topological polar surface area (TPSA) is 51.1 Å². The summed E-state index contributed by atoms with van der Waals surface area (Å²) in [6.07, 6.45) is 9.57. The summed E-state index contributed by atoms with van der Waals surface area (Å²) < 4.78 is 6.58. The molecule has 3 heterocycles. The van der Waals surface area contributed by atoms with Crippen molar-refractivity contribution in [2.75, 3.05) is 19.7 Å². The van der Waals surface area contributed by atoms with Gasteiger partial charge in [0, 0.05) is 43.8 Å². The molecule has 5 nitrogen and oxygen atoms in total. The average molecular weight is 363 g/mol. The molecule has 1 atom stereocenters. The average Bonchev–Trinajstić information content (AvgIpc) is 2.56. The molecule has 0 saturated carbocycles. The number of aromatic nitrogens is 3. The van der Waals surface area contributed by atoms with Crippen LogP contribution in [0.5, 0.6) is 6.01 Å². The molecule has 1 fully saturated rings. The monoisotopic (exact) mass is 362 g/mol. The van der Waals surface area contributed by atoms with E-state index in [1.54, 1.807) is 12.4 Å². The molecule has 0 aliphatic carbocycles. The van der Waals surface area contributed by atoms with Crippen LogP contribution in [-0.4, -0.2) is 39.5 Å². The second-order valence-corrected chi connectivity index (χ2v) is 6.52. The number of pyridine rings is 1. The van der Waals surface area contributed by atoms with Crippen LogP contribution < -0.4 is 4.74 Å². The Morgan fingerprint density at radius 1 is 1.27 bits per heavy atom. The van der Waals surface area contributed by atoms with Crippen molar-refractivity contribution < 1.29 is 4.74 Å². The van der Waals surface area contributed by atoms with E-state index in [1.165, 1.54) is 18.4 Å². The molecule has 6 heteroatoms. The lowest BCUT2D eigenvalue weighted by molar-refractivity contribution is 0.120. The van der Waals surface area contributed by atoms with Crippen LogP contribution in [0.1, 0.15) is 18.4 Å². The highest BCUT2D eigenvalue weighted by Gasteiger charge is 2.20. The van der Waals surface area contributed by atoms with Gasteiger partial charge in [0.25, 0.3) is 0 Å². The number of nitrogens with zero attached hydrogens (tertiary/aromatic N) is 4. The Morgan fingerprint density at radius 2 is 2.14 bits per heavy atom. The quantitative estimate of drug-likeness (QED) is 0.818. The van der Waals surface area contributed by atoms with E-state index in [2.05, 4.69) is 41.8 Å². The fourth-order valence-electron chi connectivity index (χ4n) is 2.75. The van der Waals surface area contributed by atoms with E-state index >= 15 is 0 Å². The van der Waals surface area contributed by atoms with Gasteiger partial charge in [0.1, 0.15) is 0 Å². The van der Waals surface area contributed by atoms with E-state index < -0.39 is 0 Å². The number of rotatable bonds is 5. The Kier molecular flexibility index (Phi) is 5.34. The van der Waals surface area contributed by atoms with Crippen LogP contribution in [0.25, 0.3) is 0 Å². The molecular weight excluding hydrogens is 344 g/mol. The summed E-state index contributed by atoms with van der Waals surface area (Å²) in [6, 6.07) is 4.57. The largest absolute Gasteiger partial charge is 0.463 e. The summed E-state index contributed by atoms with van der Waals surface area (Å²) in [5, 5.41) is 0. The Morgan fingerprint density at radius 3 is 2.91 bits per heavy atom. The maximum Gasteiger partial charge on any atom is 0.316 e. The predicted octanol–water partition coefficient (Wildman–Crippen LogP) is 2.93. The Balaban J connectivity index is 1.49. The van der Waals surface area contributed by atoms with Gasteiger partial charge in [-0.3, -0.25) is 9.88 Å². The van der Waals surface area contributed by atoms with Gasteiger partial charge in [0.2, 0.25) is 0 Å². The summed E-state index contributed by atoms with van der Waals surface area (Å²) in [7, 11) is 0. The molecule has 22 heavy (non-hydrogen) atoms. The predicted molar refractivity (Wildman–Crippen MR) is 87.5 cm³/mol. The van der Waals surface area contributed by atoms with E-state index in [9.17, 15) is 0 Å². The van der Waals surface area contributed by atoms with Crippen LogP contribution in [0, 0.1) is 5.92 Å². The van der Waals surface area contributed by atoms with Crippen molar-refractivity contribution in [2.24, 2.45) is 5.92 Å². The summed E-state index contributed by atoms with van der Waals surface area (Å²) in [5.74, 6) is 0.526. The van der Waals surface area contributed by atoms with Crippen LogP contribution in [0.15, 0.2) is 41.4 Å². The van der Waals surface area contributed by atoms with Gasteiger partial charge >= 0.3 is 6.01 Å². The number of likely N-dealkylation sites (tertiary alicyclic amines) is 1. The maximum absolute atomic E-state index is 5.72. The first-order valence-electron chi connectivity index (χ1n) is 7.51. The zero-order chi connectivity index (χ0) is 15.2. The molecule has 1 aliphatic rings. The van der Waals surface area contributed by atoms with E-state index in [0.717, 1.165) is 24.1 Å². The molecule has 0 amide bonds. The minimum absolute atomic E-state index is 0.451. The first-order valence-corrected chi connectivity index (χ1v) is 8.30. The molecule has 2 aromatic rings. The van der Waals surface area contributed by atoms with Gasteiger partial charge < -0.3 is 4.74 Å². The molecule has 0 N–H and O–H groups in total. The van der Waals surface area contributed by atoms with Crippen LogP contribution in [0.4, 0.5) is 0 Å². The first kappa shape index (κ1) is 15.4. The van der Waals surface area contributed by atoms with Gasteiger partial charge in [-0.1, -0.05) is 6.07 Å². The van der Waals surface area contributed by atoms with Crippen molar-refractivity contribution in [3.63, 3.8) is 0 Å². The first-order chi connectivity index (χ1) is 10.8. The molecule has 0 radical (unpaired) electrons. The number of hydrogen-bond donors (Lipinski definition) is 0. The Hall–Kier alpha value is -1.53. The van der Waals surface area contributed by atoms with Gasteiger partial charge in [-0.05, 0) is 46.9 Å². The van der Waals surface area contributed by atoms with Crippen molar-refractivity contribution in [1.29, 1.82) is 0 Å². The summed E-state index contributed by atoms with van der Waals surface area (Å²) in [4.78, 5) is 14.9. The molecule has 1 unspecified atom stereocenters. The fourth-order valence-corrected chi connectivity index (χ4v) is 2.95. The molecule has 1 aliphatic heterocycles. The van der Waals surface area contributed by atoms with Crippen molar-refractivity contribution in [3.8, 4) is 6.01 Å². The number of ether oxygens (including phenoxy) is 1. The molecule has 3 rings (SSSR count). The SMILES string of the molecule is Brc1cnc(OCC2CCCN(Cc3cccnc3)C2)nc1. The molecule has 1 saturated heterocycles. The third kappa shape index (κ3) is 4.48. The number of hydrogen-bond acceptors (Lipinski definition) is 5. The lowest BCUT2D eigenvalue weighted by Gasteiger charge is -2.32. The van der Waals surface area contributed by atoms with Crippen molar-refractivity contribution in [2.45, 2.75) is 19.4 Å². The Bertz CT molecular complexity index is 578. The van der Waals surface area contributed by atoms with E-state index in [1.807, 2.05) is 18.5 Å². The number of piperidine rings is 1. The highest BCUT2D eigenvalue weighted by molar-refractivity contribution is 9.10. The molecule has 116 valence electrons. The maximum atomic E-state index is 5.72. The number of halogens is 1. The highest BCUT2D eigenvalue weighted by atomic mass is 79.9. The van der Waals surface area contributed by atoms with Crippen LogP contribution in [-0.2, 0) is 6.54 Å². The normalized spacial score (nSPS) is 19.0. The summed E-state index contributed by atoms with van der Waals surface area (Å²) >= 11 is 3.32. The van der Waals surface area contributed by atoms with Gasteiger partial charge in [0.05, 0.1) is 11.1 Å². The van der Waals surface area contributed by atoms with Crippen molar-refractivity contribution in [3.05, 3.63) is 47.0 Å². The molecule has 0 aromatic carbocycles. The highest BCUT2D eigenvalue weighted by Crippen LogP contribution is 2.19. The van der Waals surface area contributed by atoms with Crippen molar-refractivity contribution in [1.82, 2.24) is 19.9 Å². The Labute approximate surface area is 138 Å². The van der Waals surface area contributed by atoms with Crippen LogP contribution >= 0.6 is 15.9 Å². The molecule has 0 bridgehead atoms. The van der Waals surface area contributed by atoms with E-state index in [-0.39, 0.29) is 0 Å². The summed E-state index contributed by atoms with van der Waals surface area (Å²) in [5.41, 5.74) is 1.26. The fraction of sp³-hybridized carbons (Fsp3) is 0.438. The van der Waals surface area contributed by atoms with Gasteiger partial charge in [-0.2, -0.15) is 0 Å². The lowest BCUT2D eigenvalue weighted by Crippen LogP contribution is -2.37. The lowest BCUT2D eigenvalue weighted by atomic mass is 9.98. The van der Waals surface area contributed by atoms with Gasteiger partial charge in [-0.25, -0.2) is 9.97 Å². The zero-order valence-electron chi connectivity index (χ0n) is 12.4. The van der Waals surface area contributed by atoms with Gasteiger partial charge in [0.15, 0.2) is 0 Å². The molecule has 0 spiro atoms. The standard InChI is InChI=1S/C16H19BrN4O/c17-15-8-19-16(20-9-15)22-12-14-4-2-6-21(11-14)10-13-3-1-5-18-7-13/h1,3,5,7-9,14H,2,4,6,10-12H2. The van der Waals surface area contributed by atoms with Crippen LogP contribution in [0.3, 0.4) is 0 Å². The molecule has 2 aromatic heterocycles.